The van der Waals surface area contributed by atoms with Crippen LogP contribution in [-0.2, 0) is 10.8 Å². The minimum absolute atomic E-state index is 0.119. The lowest BCUT2D eigenvalue weighted by Crippen LogP contribution is -2.27. The van der Waals surface area contributed by atoms with E-state index in [1.54, 1.807) is 22.3 Å². The van der Waals surface area contributed by atoms with Gasteiger partial charge in [0.15, 0.2) is 0 Å². The summed E-state index contributed by atoms with van der Waals surface area (Å²) < 4.78 is 0. The van der Waals surface area contributed by atoms with Gasteiger partial charge in [0.25, 0.3) is 0 Å². The fourth-order valence-corrected chi connectivity index (χ4v) is 20.6. The van der Waals surface area contributed by atoms with Crippen LogP contribution >= 0.6 is 0 Å². The first-order valence-corrected chi connectivity index (χ1v) is 48.0. The third kappa shape index (κ3) is 19.8. The van der Waals surface area contributed by atoms with Gasteiger partial charge in [-0.15, -0.1) is 0 Å². The minimum Gasteiger partial charge on any atom is -0.311 e. The normalized spacial score (nSPS) is 12.7. The van der Waals surface area contributed by atoms with Crippen molar-refractivity contribution in [3.63, 3.8) is 0 Å². The number of anilines is 9. The van der Waals surface area contributed by atoms with Gasteiger partial charge in [-0.3, -0.25) is 0 Å². The van der Waals surface area contributed by atoms with Gasteiger partial charge in [-0.25, -0.2) is 0 Å². The van der Waals surface area contributed by atoms with Crippen LogP contribution in [-0.4, -0.2) is 0 Å². The molecule has 3 nitrogen and oxygen atoms in total. The highest BCUT2D eigenvalue weighted by Crippen LogP contribution is 2.62. The molecule has 0 saturated carbocycles. The van der Waals surface area contributed by atoms with E-state index in [4.69, 9.17) is 0 Å². The molecule has 14 aromatic carbocycles. The molecule has 0 amide bonds. The zero-order valence-corrected chi connectivity index (χ0v) is 75.6. The highest BCUT2D eigenvalue weighted by atomic mass is 15.2. The third-order valence-corrected chi connectivity index (χ3v) is 27.6. The molecule has 0 fully saturated rings. The summed E-state index contributed by atoms with van der Waals surface area (Å²) in [5.74, 6) is 0. The quantitative estimate of drug-likeness (QED) is 0.0353. The van der Waals surface area contributed by atoms with Gasteiger partial charge in [-0.1, -0.05) is 400 Å². The maximum Gasteiger partial charge on any atom is 0.0462 e. The van der Waals surface area contributed by atoms with Crippen LogP contribution in [0.5, 0.6) is 0 Å². The summed E-state index contributed by atoms with van der Waals surface area (Å²) in [5.41, 5.74) is 38.1. The molecule has 0 unspecified atom stereocenters. The van der Waals surface area contributed by atoms with E-state index in [0.717, 1.165) is 56.7 Å². The molecule has 0 spiro atoms. The van der Waals surface area contributed by atoms with Crippen LogP contribution in [0.25, 0.3) is 84.0 Å². The van der Waals surface area contributed by atoms with Crippen molar-refractivity contribution in [3.05, 3.63) is 373 Å². The number of unbranched alkanes of at least 4 members (excludes halogenated alkanes) is 20. The maximum atomic E-state index is 4.08. The first-order chi connectivity index (χ1) is 61.6. The Kier molecular flexibility index (Phi) is 29.0. The van der Waals surface area contributed by atoms with Crippen molar-refractivity contribution in [3.8, 4) is 77.9 Å². The topological polar surface area (TPSA) is 9.72 Å². The van der Waals surface area contributed by atoms with Crippen LogP contribution in [0.2, 0.25) is 0 Å². The van der Waals surface area contributed by atoms with Crippen molar-refractivity contribution >= 4 is 57.3 Å². The highest BCUT2D eigenvalue weighted by molar-refractivity contribution is 5.93. The predicted molar refractivity (Wildman–Crippen MR) is 542 cm³/mol. The van der Waals surface area contributed by atoms with E-state index in [1.807, 2.05) is 6.08 Å². The van der Waals surface area contributed by atoms with Crippen molar-refractivity contribution < 1.29 is 0 Å². The lowest BCUT2D eigenvalue weighted by molar-refractivity contribution is 0.394. The Labute approximate surface area is 750 Å². The van der Waals surface area contributed by atoms with E-state index in [0.29, 0.717) is 0 Å². The van der Waals surface area contributed by atoms with E-state index in [-0.39, 0.29) is 10.8 Å². The van der Waals surface area contributed by atoms with E-state index in [2.05, 4.69) is 390 Å². The average molecular weight is 1640 g/mol. The Bertz CT molecular complexity index is 5730. The predicted octanol–water partition coefficient (Wildman–Crippen LogP) is 37.2. The Morgan fingerprint density at radius 2 is 0.416 bits per heavy atom. The molecule has 634 valence electrons. The first kappa shape index (κ1) is 86.7. The Morgan fingerprint density at radius 1 is 0.208 bits per heavy atom. The molecule has 16 rings (SSSR count). The zero-order chi connectivity index (χ0) is 85.7. The molecular weight excluding hydrogens is 1510 g/mol. The van der Waals surface area contributed by atoms with Crippen LogP contribution in [0, 0.1) is 13.8 Å². The zero-order valence-electron chi connectivity index (χ0n) is 75.6. The number of hydrogen-bond acceptors (Lipinski definition) is 3. The summed E-state index contributed by atoms with van der Waals surface area (Å²) in [5, 5.41) is 0. The Balaban J connectivity index is 0.769. The third-order valence-electron chi connectivity index (χ3n) is 27.6. The molecule has 0 N–H and O–H groups in total. The first-order valence-electron chi connectivity index (χ1n) is 48.0. The highest BCUT2D eigenvalue weighted by Gasteiger charge is 2.48. The van der Waals surface area contributed by atoms with Gasteiger partial charge >= 0.3 is 0 Å². The average Bonchev–Trinajstić information content (AvgIpc) is 1.53. The largest absolute Gasteiger partial charge is 0.311 e. The van der Waals surface area contributed by atoms with Crippen LogP contribution in [0.1, 0.15) is 246 Å². The summed E-state index contributed by atoms with van der Waals surface area (Å²) in [4.78, 5) is 7.20. The number of rotatable bonds is 43. The molecule has 0 bridgehead atoms. The summed E-state index contributed by atoms with van der Waals surface area (Å²) in [6.45, 7) is 17.8. The fraction of sp³-hybridized carbons (Fsp3) is 0.295. The lowest BCUT2D eigenvalue weighted by atomic mass is 9.68. The van der Waals surface area contributed by atoms with Gasteiger partial charge in [-0.05, 0) is 279 Å². The number of fused-ring (bicyclic) bond motifs is 6. The Morgan fingerprint density at radius 3 is 0.672 bits per heavy atom. The van der Waals surface area contributed by atoms with E-state index >= 15 is 0 Å². The number of nitrogens with zero attached hydrogens (tertiary/aromatic N) is 3. The summed E-state index contributed by atoms with van der Waals surface area (Å²) >= 11 is 0. The second-order valence-corrected chi connectivity index (χ2v) is 36.2. The fourth-order valence-electron chi connectivity index (χ4n) is 20.6. The minimum atomic E-state index is -0.133. The molecule has 0 saturated heterocycles. The maximum absolute atomic E-state index is 4.08. The van der Waals surface area contributed by atoms with Gasteiger partial charge < -0.3 is 14.7 Å². The number of hydrogen-bond donors (Lipinski definition) is 0. The number of aryl methyl sites for hydroxylation is 2. The van der Waals surface area contributed by atoms with Gasteiger partial charge in [0, 0.05) is 62.0 Å². The Hall–Kier alpha value is -11.8. The SMILES string of the molecule is C=Cc1ccc(N(c2ccc(C)cc2)c2ccc(-c3ccc4c(c3)C(CCCCCCCC)(CCCCCCCC)c3cc5c(cc3-4)C(CCCCCCCC)(CCCCCCCC)c3cc(-c4ccc(N(c6ccc(-c7ccccc7)cc6)c6ccc(-c7ccc(N(c8ccc(C)cc8)c8ccc(-c9ccccc9)cc8)cc7)cc6)cc4)ccc3-5)cc2)cc1. The van der Waals surface area contributed by atoms with Crippen molar-refractivity contribution in [2.75, 3.05) is 14.7 Å². The molecule has 0 aliphatic heterocycles. The van der Waals surface area contributed by atoms with Crippen LogP contribution < -0.4 is 14.7 Å². The second kappa shape index (κ2) is 41.8. The van der Waals surface area contributed by atoms with Crippen molar-refractivity contribution in [2.24, 2.45) is 0 Å². The lowest BCUT2D eigenvalue weighted by Gasteiger charge is -2.35. The van der Waals surface area contributed by atoms with Gasteiger partial charge in [0.2, 0.25) is 0 Å². The summed E-state index contributed by atoms with van der Waals surface area (Å²) in [6.07, 6.45) is 37.5. The van der Waals surface area contributed by atoms with Gasteiger partial charge in [0.05, 0.1) is 0 Å². The summed E-state index contributed by atoms with van der Waals surface area (Å²) in [7, 11) is 0. The second-order valence-electron chi connectivity index (χ2n) is 36.2. The standard InChI is InChI=1S/C122H131N3/c1-8-13-17-21-25-35-83-121(84-36-26-22-18-14-9-2)117-87-102(100-57-77-111(78-58-100)123(104-63-43-91(6)44-64-104)106-67-47-93(12-5)48-68-106)61-81-113(117)115-89-120-116(90-119(115)121)114-82-62-103(88-118(114)122(120,85-37-27-23-19-15-10-3)86-38-28-24-20-16-11-4)101-59-79-112(80-60-101)125(109-71-51-97(52-72-109)95-41-33-30-34-42-95)110-75-55-99(56-76-110)98-53-73-108(74-54-98)124(105-65-45-92(7)46-66-105)107-69-49-96(50-70-107)94-39-31-29-32-40-94/h12,29-34,39-82,87-90H,5,8-11,13-28,35-38,83-86H2,1-4,6-7H3. The molecule has 3 heteroatoms. The molecule has 0 atom stereocenters. The van der Waals surface area contributed by atoms with Gasteiger partial charge in [-0.2, -0.15) is 0 Å². The number of benzene rings is 14. The molecule has 0 radical (unpaired) electrons. The van der Waals surface area contributed by atoms with E-state index in [1.165, 1.54) is 269 Å². The van der Waals surface area contributed by atoms with E-state index < -0.39 is 0 Å². The van der Waals surface area contributed by atoms with Crippen molar-refractivity contribution in [1.82, 2.24) is 0 Å². The molecule has 0 aromatic heterocycles. The molecule has 125 heavy (non-hydrogen) atoms. The smallest absolute Gasteiger partial charge is 0.0462 e. The molecular formula is C122H131N3. The van der Waals surface area contributed by atoms with Gasteiger partial charge in [0.1, 0.15) is 0 Å². The molecule has 0 heterocycles. The summed E-state index contributed by atoms with van der Waals surface area (Å²) in [6, 6.07) is 125. The van der Waals surface area contributed by atoms with Crippen molar-refractivity contribution in [1.29, 1.82) is 0 Å². The van der Waals surface area contributed by atoms with Crippen molar-refractivity contribution in [2.45, 2.75) is 232 Å². The molecule has 2 aliphatic carbocycles. The monoisotopic (exact) mass is 1640 g/mol. The van der Waals surface area contributed by atoms with Crippen LogP contribution in [0.15, 0.2) is 334 Å². The van der Waals surface area contributed by atoms with Crippen LogP contribution in [0.4, 0.5) is 51.2 Å². The van der Waals surface area contributed by atoms with E-state index in [9.17, 15) is 0 Å². The molecule has 14 aromatic rings. The van der Waals surface area contributed by atoms with Crippen LogP contribution in [0.3, 0.4) is 0 Å². The molecule has 2 aliphatic rings.